The highest BCUT2D eigenvalue weighted by Crippen LogP contribution is 2.11. The zero-order chi connectivity index (χ0) is 18.8. The number of benzene rings is 1. The van der Waals surface area contributed by atoms with Crippen LogP contribution in [0.1, 0.15) is 24.5 Å². The van der Waals surface area contributed by atoms with Gasteiger partial charge in [0.15, 0.2) is 5.96 Å². The molecule has 0 radical (unpaired) electrons. The van der Waals surface area contributed by atoms with Crippen LogP contribution in [0.5, 0.6) is 0 Å². The molecule has 0 saturated carbocycles. The number of hydrogen-bond donors (Lipinski definition) is 2. The van der Waals surface area contributed by atoms with Gasteiger partial charge in [-0.25, -0.2) is 13.4 Å². The van der Waals surface area contributed by atoms with Crippen molar-refractivity contribution in [2.75, 3.05) is 25.1 Å². The first-order valence-electron chi connectivity index (χ1n) is 8.72. The molecule has 0 aliphatic carbocycles. The molecule has 2 aromatic rings. The Morgan fingerprint density at radius 1 is 1.19 bits per heavy atom. The van der Waals surface area contributed by atoms with E-state index in [4.69, 9.17) is 0 Å². The van der Waals surface area contributed by atoms with Gasteiger partial charge in [0.25, 0.3) is 0 Å². The minimum absolute atomic E-state index is 0.173. The maximum absolute atomic E-state index is 11.2. The summed E-state index contributed by atoms with van der Waals surface area (Å²) in [5, 5.41) is 10.6. The van der Waals surface area contributed by atoms with Crippen LogP contribution in [0.3, 0.4) is 0 Å². The van der Waals surface area contributed by atoms with Gasteiger partial charge >= 0.3 is 0 Å². The van der Waals surface area contributed by atoms with E-state index in [1.54, 1.807) is 6.20 Å². The van der Waals surface area contributed by atoms with E-state index in [1.807, 2.05) is 36.0 Å². The highest BCUT2D eigenvalue weighted by molar-refractivity contribution is 7.90. The maximum Gasteiger partial charge on any atom is 0.191 e. The summed E-state index contributed by atoms with van der Waals surface area (Å²) in [5.41, 5.74) is 2.31. The molecule has 2 rings (SSSR count). The number of nitrogens with one attached hydrogen (secondary N) is 2. The van der Waals surface area contributed by atoms with Crippen LogP contribution in [0.15, 0.2) is 47.7 Å². The van der Waals surface area contributed by atoms with Crippen molar-refractivity contribution in [2.24, 2.45) is 4.99 Å². The number of aromatic nitrogens is 2. The van der Waals surface area contributed by atoms with Crippen LogP contribution in [-0.2, 0) is 22.9 Å². The van der Waals surface area contributed by atoms with Gasteiger partial charge in [-0.3, -0.25) is 4.68 Å². The minimum atomic E-state index is -2.93. The number of nitrogens with zero attached hydrogens (tertiary/aromatic N) is 3. The van der Waals surface area contributed by atoms with Gasteiger partial charge in [-0.15, -0.1) is 0 Å². The Bertz CT molecular complexity index is 801. The van der Waals surface area contributed by atoms with Crippen molar-refractivity contribution >= 4 is 15.8 Å². The van der Waals surface area contributed by atoms with Crippen LogP contribution in [0.4, 0.5) is 0 Å². The van der Waals surface area contributed by atoms with E-state index >= 15 is 0 Å². The lowest BCUT2D eigenvalue weighted by molar-refractivity contribution is 0.598. The van der Waals surface area contributed by atoms with E-state index < -0.39 is 9.84 Å². The predicted molar refractivity (Wildman–Crippen MR) is 105 cm³/mol. The zero-order valence-corrected chi connectivity index (χ0v) is 16.2. The molecule has 1 aromatic carbocycles. The molecule has 0 unspecified atom stereocenters. The monoisotopic (exact) mass is 377 g/mol. The van der Waals surface area contributed by atoms with E-state index in [0.717, 1.165) is 12.1 Å². The first kappa shape index (κ1) is 20.0. The molecule has 0 fully saturated rings. The molecule has 1 aromatic heterocycles. The Kier molecular flexibility index (Phi) is 7.65. The van der Waals surface area contributed by atoms with Gasteiger partial charge in [0.2, 0.25) is 0 Å². The van der Waals surface area contributed by atoms with Gasteiger partial charge < -0.3 is 10.6 Å². The first-order valence-corrected chi connectivity index (χ1v) is 10.8. The van der Waals surface area contributed by atoms with Crippen molar-refractivity contribution in [2.45, 2.75) is 26.4 Å². The summed E-state index contributed by atoms with van der Waals surface area (Å²) in [4.78, 5) is 4.62. The summed E-state index contributed by atoms with van der Waals surface area (Å²) in [5.74, 6) is 0.862. The molecule has 0 saturated heterocycles. The largest absolute Gasteiger partial charge is 0.357 e. The maximum atomic E-state index is 11.2. The van der Waals surface area contributed by atoms with Crippen molar-refractivity contribution < 1.29 is 8.42 Å². The minimum Gasteiger partial charge on any atom is -0.357 e. The third-order valence-corrected chi connectivity index (χ3v) is 4.78. The van der Waals surface area contributed by atoms with E-state index in [1.165, 1.54) is 11.8 Å². The second-order valence-corrected chi connectivity index (χ2v) is 8.34. The lowest BCUT2D eigenvalue weighted by Crippen LogP contribution is -2.38. The topological polar surface area (TPSA) is 88.4 Å². The Morgan fingerprint density at radius 3 is 2.62 bits per heavy atom. The average Bonchev–Trinajstić information content (AvgIpc) is 3.10. The zero-order valence-electron chi connectivity index (χ0n) is 15.4. The van der Waals surface area contributed by atoms with Crippen molar-refractivity contribution in [1.29, 1.82) is 0 Å². The Balaban J connectivity index is 1.97. The highest BCUT2D eigenvalue weighted by Gasteiger charge is 2.05. The van der Waals surface area contributed by atoms with Crippen molar-refractivity contribution in [1.82, 2.24) is 20.4 Å². The number of rotatable bonds is 9. The summed E-state index contributed by atoms with van der Waals surface area (Å²) in [7, 11) is -2.93. The molecule has 26 heavy (non-hydrogen) atoms. The van der Waals surface area contributed by atoms with Gasteiger partial charge in [-0.05, 0) is 30.5 Å². The van der Waals surface area contributed by atoms with E-state index in [0.29, 0.717) is 32.0 Å². The molecule has 1 heterocycles. The fraction of sp³-hybridized carbons (Fsp3) is 0.444. The van der Waals surface area contributed by atoms with Gasteiger partial charge in [-0.2, -0.15) is 5.10 Å². The summed E-state index contributed by atoms with van der Waals surface area (Å²) in [6, 6.07) is 10.1. The first-order chi connectivity index (χ1) is 12.5. The molecular weight excluding hydrogens is 350 g/mol. The SMILES string of the molecule is CCNC(=NCc1ccccc1Cn1cccn1)NCCCS(C)(=O)=O. The van der Waals surface area contributed by atoms with Crippen LogP contribution in [0.2, 0.25) is 0 Å². The van der Waals surface area contributed by atoms with Crippen LogP contribution >= 0.6 is 0 Å². The Morgan fingerprint density at radius 2 is 1.96 bits per heavy atom. The van der Waals surface area contributed by atoms with Crippen molar-refractivity contribution in [3.8, 4) is 0 Å². The molecule has 2 N–H and O–H groups in total. The lowest BCUT2D eigenvalue weighted by atomic mass is 10.1. The molecule has 0 amide bonds. The normalized spacial score (nSPS) is 12.2. The van der Waals surface area contributed by atoms with E-state index in [2.05, 4.69) is 32.9 Å². The predicted octanol–water partition coefficient (Wildman–Crippen LogP) is 1.42. The molecular formula is C18H27N5O2S. The number of guanidine groups is 1. The van der Waals surface area contributed by atoms with Gasteiger partial charge in [-0.1, -0.05) is 24.3 Å². The van der Waals surface area contributed by atoms with Gasteiger partial charge in [0.05, 0.1) is 18.8 Å². The fourth-order valence-corrected chi connectivity index (χ4v) is 3.15. The Labute approximate surface area is 155 Å². The fourth-order valence-electron chi connectivity index (χ4n) is 2.48. The number of hydrogen-bond acceptors (Lipinski definition) is 4. The van der Waals surface area contributed by atoms with Crippen LogP contribution < -0.4 is 10.6 Å². The molecule has 0 atom stereocenters. The van der Waals surface area contributed by atoms with Crippen molar-refractivity contribution in [3.05, 3.63) is 53.9 Å². The van der Waals surface area contributed by atoms with Crippen molar-refractivity contribution in [3.63, 3.8) is 0 Å². The second kappa shape index (κ2) is 9.96. The molecule has 0 aliphatic rings. The summed E-state index contributed by atoms with van der Waals surface area (Å²) in [6.07, 6.45) is 5.51. The number of aliphatic imine (C=N–C) groups is 1. The quantitative estimate of drug-likeness (QED) is 0.392. The van der Waals surface area contributed by atoms with Crippen LogP contribution in [0, 0.1) is 0 Å². The molecule has 0 aliphatic heterocycles. The standard InChI is InChI=1S/C18H27N5O2S/c1-3-19-18(20-10-7-13-26(2,24)25)21-14-16-8-4-5-9-17(16)15-23-12-6-11-22-23/h4-6,8-9,11-12H,3,7,10,13-15H2,1-2H3,(H2,19,20,21). The highest BCUT2D eigenvalue weighted by atomic mass is 32.2. The molecule has 0 bridgehead atoms. The van der Waals surface area contributed by atoms with E-state index in [-0.39, 0.29) is 5.75 Å². The lowest BCUT2D eigenvalue weighted by Gasteiger charge is -2.12. The Hall–Kier alpha value is -2.35. The summed E-state index contributed by atoms with van der Waals surface area (Å²) in [6.45, 7) is 4.55. The molecule has 7 nitrogen and oxygen atoms in total. The second-order valence-electron chi connectivity index (χ2n) is 6.08. The van der Waals surface area contributed by atoms with Crippen LogP contribution in [-0.4, -0.2) is 49.3 Å². The van der Waals surface area contributed by atoms with E-state index in [9.17, 15) is 8.42 Å². The van der Waals surface area contributed by atoms with Gasteiger partial charge in [0.1, 0.15) is 9.84 Å². The van der Waals surface area contributed by atoms with Crippen LogP contribution in [0.25, 0.3) is 0 Å². The van der Waals surface area contributed by atoms with Gasteiger partial charge in [0, 0.05) is 31.7 Å². The summed E-state index contributed by atoms with van der Waals surface area (Å²) < 4.78 is 24.3. The molecule has 0 spiro atoms. The third-order valence-electron chi connectivity index (χ3n) is 3.75. The summed E-state index contributed by atoms with van der Waals surface area (Å²) >= 11 is 0. The average molecular weight is 378 g/mol. The molecule has 142 valence electrons. The smallest absolute Gasteiger partial charge is 0.191 e. The number of sulfone groups is 1. The molecule has 8 heteroatoms. The third kappa shape index (κ3) is 7.26.